The van der Waals surface area contributed by atoms with Gasteiger partial charge in [0.05, 0.1) is 13.2 Å². The van der Waals surface area contributed by atoms with E-state index < -0.39 is 0 Å². The van der Waals surface area contributed by atoms with Gasteiger partial charge in [0.1, 0.15) is 5.82 Å². The van der Waals surface area contributed by atoms with Crippen molar-refractivity contribution in [3.05, 3.63) is 72.1 Å². The van der Waals surface area contributed by atoms with Crippen molar-refractivity contribution in [1.82, 2.24) is 0 Å². The van der Waals surface area contributed by atoms with E-state index in [1.54, 1.807) is 6.07 Å². The minimum absolute atomic E-state index is 0.0565. The lowest BCUT2D eigenvalue weighted by molar-refractivity contribution is -0.197. The number of hydrogen-bond acceptors (Lipinski definition) is 3. The van der Waals surface area contributed by atoms with Crippen LogP contribution in [0.5, 0.6) is 0 Å². The summed E-state index contributed by atoms with van der Waals surface area (Å²) >= 11 is 0. The van der Waals surface area contributed by atoms with Gasteiger partial charge in [0.15, 0.2) is 6.29 Å². The first-order chi connectivity index (χ1) is 11.7. The van der Waals surface area contributed by atoms with Crippen LogP contribution in [0.25, 0.3) is 11.1 Å². The highest BCUT2D eigenvalue weighted by Gasteiger charge is 2.21. The Balaban J connectivity index is 1.73. The second kappa shape index (κ2) is 7.71. The number of hydrogen-bond donors (Lipinski definition) is 1. The Morgan fingerprint density at radius 1 is 1.08 bits per heavy atom. The van der Waals surface area contributed by atoms with Crippen molar-refractivity contribution in [1.29, 1.82) is 0 Å². The van der Waals surface area contributed by atoms with E-state index in [-0.39, 0.29) is 24.6 Å². The van der Waals surface area contributed by atoms with Crippen LogP contribution in [0.2, 0.25) is 0 Å². The number of benzene rings is 2. The van der Waals surface area contributed by atoms with E-state index in [4.69, 9.17) is 14.6 Å². The number of rotatable bonds is 5. The van der Waals surface area contributed by atoms with Crippen LogP contribution in [0.3, 0.4) is 0 Å². The number of aliphatic hydroxyl groups is 1. The second-order valence-corrected chi connectivity index (χ2v) is 5.90. The molecule has 1 heterocycles. The quantitative estimate of drug-likeness (QED) is 0.847. The normalized spacial score (nSPS) is 20.8. The molecule has 0 spiro atoms. The first-order valence-corrected chi connectivity index (χ1v) is 8.06. The molecule has 0 atom stereocenters. The van der Waals surface area contributed by atoms with Crippen molar-refractivity contribution in [3.8, 4) is 11.1 Å². The van der Waals surface area contributed by atoms with Crippen LogP contribution < -0.4 is 0 Å². The monoisotopic (exact) mass is 328 g/mol. The molecule has 0 aliphatic carbocycles. The zero-order chi connectivity index (χ0) is 16.9. The van der Waals surface area contributed by atoms with E-state index >= 15 is 0 Å². The van der Waals surface area contributed by atoms with Crippen LogP contribution in [0, 0.1) is 11.7 Å². The summed E-state index contributed by atoms with van der Waals surface area (Å²) in [7, 11) is 0. The van der Waals surface area contributed by atoms with Gasteiger partial charge in [0, 0.05) is 18.1 Å². The molecule has 0 radical (unpaired) electrons. The van der Waals surface area contributed by atoms with Gasteiger partial charge in [-0.15, -0.1) is 6.58 Å². The first-order valence-electron chi connectivity index (χ1n) is 8.06. The van der Waals surface area contributed by atoms with Gasteiger partial charge >= 0.3 is 0 Å². The Hall–Kier alpha value is -2.01. The summed E-state index contributed by atoms with van der Waals surface area (Å²) in [5.74, 6) is -0.0547. The Morgan fingerprint density at radius 2 is 1.75 bits per heavy atom. The van der Waals surface area contributed by atoms with Gasteiger partial charge in [-0.05, 0) is 29.2 Å². The highest BCUT2D eigenvalue weighted by atomic mass is 19.1. The molecule has 1 aliphatic rings. The summed E-state index contributed by atoms with van der Waals surface area (Å²) in [6, 6.07) is 12.8. The van der Waals surface area contributed by atoms with E-state index in [9.17, 15) is 4.39 Å². The third-order valence-electron chi connectivity index (χ3n) is 4.21. The smallest absolute Gasteiger partial charge is 0.183 e. The Bertz CT molecular complexity index is 689. The standard InChI is InChI=1S/C20H21FO3/c1-2-14-12-23-20(24-13-14)17-6-3-15(4-7-17)18-8-5-16(9-10-22)19(21)11-18/h2-8,11,14,20,22H,1,9-10,12-13H2. The lowest BCUT2D eigenvalue weighted by Gasteiger charge is -2.28. The molecule has 1 saturated heterocycles. The average Bonchev–Trinajstić information content (AvgIpc) is 2.64. The molecule has 4 heteroatoms. The zero-order valence-electron chi connectivity index (χ0n) is 13.5. The molecular weight excluding hydrogens is 307 g/mol. The van der Waals surface area contributed by atoms with Crippen molar-refractivity contribution in [3.63, 3.8) is 0 Å². The average molecular weight is 328 g/mol. The van der Waals surface area contributed by atoms with E-state index in [0.717, 1.165) is 16.7 Å². The van der Waals surface area contributed by atoms with Gasteiger partial charge in [-0.1, -0.05) is 42.5 Å². The van der Waals surface area contributed by atoms with Crippen LogP contribution in [0.4, 0.5) is 4.39 Å². The summed E-state index contributed by atoms with van der Waals surface area (Å²) in [5.41, 5.74) is 3.20. The first kappa shape index (κ1) is 16.8. The van der Waals surface area contributed by atoms with Gasteiger partial charge in [0.2, 0.25) is 0 Å². The minimum atomic E-state index is -0.362. The zero-order valence-corrected chi connectivity index (χ0v) is 13.5. The Labute approximate surface area is 141 Å². The van der Waals surface area contributed by atoms with Crippen LogP contribution in [0.15, 0.2) is 55.1 Å². The molecule has 2 aromatic rings. The Morgan fingerprint density at radius 3 is 2.33 bits per heavy atom. The van der Waals surface area contributed by atoms with Gasteiger partial charge in [-0.25, -0.2) is 4.39 Å². The van der Waals surface area contributed by atoms with E-state index in [0.29, 0.717) is 25.2 Å². The van der Waals surface area contributed by atoms with Gasteiger partial charge < -0.3 is 14.6 Å². The summed E-state index contributed by atoms with van der Waals surface area (Å²) in [4.78, 5) is 0. The summed E-state index contributed by atoms with van der Waals surface area (Å²) in [5, 5.41) is 8.92. The fraction of sp³-hybridized carbons (Fsp3) is 0.300. The molecule has 0 bridgehead atoms. The molecule has 0 amide bonds. The summed E-state index contributed by atoms with van der Waals surface area (Å²) < 4.78 is 25.4. The maximum absolute atomic E-state index is 14.0. The third kappa shape index (κ3) is 3.73. The molecule has 3 nitrogen and oxygen atoms in total. The van der Waals surface area contributed by atoms with Crippen molar-refractivity contribution in [2.75, 3.05) is 19.8 Å². The predicted molar refractivity (Wildman–Crippen MR) is 91.0 cm³/mol. The van der Waals surface area contributed by atoms with Crippen molar-refractivity contribution in [2.24, 2.45) is 5.92 Å². The molecular formula is C20H21FO3. The molecule has 1 fully saturated rings. The molecule has 1 N–H and O–H groups in total. The fourth-order valence-corrected chi connectivity index (χ4v) is 2.73. The van der Waals surface area contributed by atoms with Gasteiger partial charge in [0.25, 0.3) is 0 Å². The largest absolute Gasteiger partial charge is 0.396 e. The lowest BCUT2D eigenvalue weighted by Crippen LogP contribution is -2.25. The SMILES string of the molecule is C=CC1COC(c2ccc(-c3ccc(CCO)c(F)c3)cc2)OC1. The molecule has 3 rings (SSSR count). The molecule has 0 unspecified atom stereocenters. The molecule has 24 heavy (non-hydrogen) atoms. The third-order valence-corrected chi connectivity index (χ3v) is 4.21. The van der Waals surface area contributed by atoms with E-state index in [2.05, 4.69) is 6.58 Å². The highest BCUT2D eigenvalue weighted by Crippen LogP contribution is 2.28. The van der Waals surface area contributed by atoms with Crippen molar-refractivity contribution >= 4 is 0 Å². The lowest BCUT2D eigenvalue weighted by atomic mass is 10.0. The topological polar surface area (TPSA) is 38.7 Å². The van der Waals surface area contributed by atoms with Crippen LogP contribution in [-0.2, 0) is 15.9 Å². The van der Waals surface area contributed by atoms with Gasteiger partial charge in [-0.3, -0.25) is 0 Å². The molecule has 126 valence electrons. The van der Waals surface area contributed by atoms with Crippen LogP contribution in [-0.4, -0.2) is 24.9 Å². The maximum atomic E-state index is 14.0. The molecule has 2 aromatic carbocycles. The molecule has 1 aliphatic heterocycles. The van der Waals surface area contributed by atoms with Gasteiger partial charge in [-0.2, -0.15) is 0 Å². The highest BCUT2D eigenvalue weighted by molar-refractivity contribution is 5.64. The van der Waals surface area contributed by atoms with E-state index in [1.165, 1.54) is 6.07 Å². The number of ether oxygens (including phenoxy) is 2. The summed E-state index contributed by atoms with van der Waals surface area (Å²) in [6.07, 6.45) is 1.81. The second-order valence-electron chi connectivity index (χ2n) is 5.90. The van der Waals surface area contributed by atoms with Crippen molar-refractivity contribution < 1.29 is 19.0 Å². The predicted octanol–water partition coefficient (Wildman–Crippen LogP) is 3.88. The number of halogens is 1. The van der Waals surface area contributed by atoms with Crippen molar-refractivity contribution in [2.45, 2.75) is 12.7 Å². The fourth-order valence-electron chi connectivity index (χ4n) is 2.73. The Kier molecular flexibility index (Phi) is 5.41. The van der Waals surface area contributed by atoms with Crippen LogP contribution >= 0.6 is 0 Å². The van der Waals surface area contributed by atoms with Crippen LogP contribution in [0.1, 0.15) is 17.4 Å². The molecule has 0 saturated carbocycles. The number of aliphatic hydroxyl groups excluding tert-OH is 1. The summed E-state index contributed by atoms with van der Waals surface area (Å²) in [6.45, 7) is 4.90. The minimum Gasteiger partial charge on any atom is -0.396 e. The maximum Gasteiger partial charge on any atom is 0.183 e. The molecule has 0 aromatic heterocycles. The van der Waals surface area contributed by atoms with E-state index in [1.807, 2.05) is 36.4 Å².